The van der Waals surface area contributed by atoms with Crippen molar-refractivity contribution < 1.29 is 0 Å². The fourth-order valence-electron chi connectivity index (χ4n) is 6.46. The summed E-state index contributed by atoms with van der Waals surface area (Å²) in [6.07, 6.45) is 5.68. The van der Waals surface area contributed by atoms with E-state index in [2.05, 4.69) is 70.0 Å². The van der Waals surface area contributed by atoms with E-state index in [1.807, 2.05) is 24.5 Å². The molecule has 4 aromatic heterocycles. The Morgan fingerprint density at radius 2 is 1.37 bits per heavy atom. The number of hydrogen-bond donors (Lipinski definition) is 0. The van der Waals surface area contributed by atoms with Crippen molar-refractivity contribution in [2.75, 3.05) is 0 Å². The fraction of sp³-hybridized carbons (Fsp3) is 0.0645. The van der Waals surface area contributed by atoms with Gasteiger partial charge in [0.15, 0.2) is 5.65 Å². The second kappa shape index (κ2) is 6.10. The summed E-state index contributed by atoms with van der Waals surface area (Å²) in [7, 11) is 0. The molecular formula is C31H18N4. The number of nitrogens with zero attached hydrogens (tertiary/aromatic N) is 4. The predicted molar refractivity (Wildman–Crippen MR) is 140 cm³/mol. The zero-order valence-corrected chi connectivity index (χ0v) is 18.8. The lowest BCUT2D eigenvalue weighted by Gasteiger charge is -2.11. The van der Waals surface area contributed by atoms with E-state index in [1.165, 1.54) is 44.5 Å². The monoisotopic (exact) mass is 446 g/mol. The van der Waals surface area contributed by atoms with Crippen molar-refractivity contribution in [3.05, 3.63) is 107 Å². The quantitative estimate of drug-likeness (QED) is 0.243. The highest BCUT2D eigenvalue weighted by molar-refractivity contribution is 6.14. The number of aromatic nitrogens is 4. The average Bonchev–Trinajstić information content (AvgIpc) is 3.59. The maximum atomic E-state index is 4.98. The SMILES string of the molecule is c1ccc2c(c1)Cc1c-2ccc2c1Cc1cc3c(cc1-2)c1ncccc1n1c2cccnc2nc31. The van der Waals surface area contributed by atoms with E-state index in [0.29, 0.717) is 0 Å². The molecule has 4 heterocycles. The highest BCUT2D eigenvalue weighted by Gasteiger charge is 2.29. The smallest absolute Gasteiger partial charge is 0.178 e. The first-order chi connectivity index (χ1) is 17.3. The van der Waals surface area contributed by atoms with Gasteiger partial charge in [-0.25, -0.2) is 9.97 Å². The van der Waals surface area contributed by atoms with Gasteiger partial charge < -0.3 is 0 Å². The largest absolute Gasteiger partial charge is 0.288 e. The summed E-state index contributed by atoms with van der Waals surface area (Å²) >= 11 is 0. The topological polar surface area (TPSA) is 43.1 Å². The van der Waals surface area contributed by atoms with Crippen molar-refractivity contribution in [3.63, 3.8) is 0 Å². The molecule has 0 aliphatic heterocycles. The molecule has 9 rings (SSSR count). The van der Waals surface area contributed by atoms with Crippen molar-refractivity contribution in [1.82, 2.24) is 19.4 Å². The molecule has 2 aliphatic carbocycles. The Balaban J connectivity index is 1.38. The van der Waals surface area contributed by atoms with Crippen molar-refractivity contribution >= 4 is 38.6 Å². The summed E-state index contributed by atoms with van der Waals surface area (Å²) in [5.41, 5.74) is 16.1. The van der Waals surface area contributed by atoms with Gasteiger partial charge in [-0.2, -0.15) is 0 Å². The van der Waals surface area contributed by atoms with Crippen LogP contribution in [0.2, 0.25) is 0 Å². The standard InChI is InChI=1S/C31H18N4/c1-2-6-19-17(5-1)13-23-20(19)9-10-21-22-16-25-26(15-18(22)14-24(21)23)31-34-30-28(8-4-12-33-30)35(31)27-7-3-11-32-29(25)27/h1-12,15-16H,13-14H2. The molecular weight excluding hydrogens is 428 g/mol. The van der Waals surface area contributed by atoms with E-state index >= 15 is 0 Å². The summed E-state index contributed by atoms with van der Waals surface area (Å²) in [5.74, 6) is 0. The molecule has 162 valence electrons. The van der Waals surface area contributed by atoms with Crippen molar-refractivity contribution in [2.24, 2.45) is 0 Å². The van der Waals surface area contributed by atoms with Gasteiger partial charge in [0, 0.05) is 23.2 Å². The van der Waals surface area contributed by atoms with Crippen LogP contribution in [-0.4, -0.2) is 19.4 Å². The second-order valence-electron chi connectivity index (χ2n) is 9.67. The van der Waals surface area contributed by atoms with Crippen LogP contribution in [0.25, 0.3) is 60.9 Å². The van der Waals surface area contributed by atoms with Crippen LogP contribution in [0, 0.1) is 0 Å². The van der Waals surface area contributed by atoms with Crippen LogP contribution in [-0.2, 0) is 12.8 Å². The Morgan fingerprint density at radius 1 is 0.600 bits per heavy atom. The Morgan fingerprint density at radius 3 is 2.29 bits per heavy atom. The normalized spacial score (nSPS) is 13.5. The van der Waals surface area contributed by atoms with Gasteiger partial charge in [0.2, 0.25) is 0 Å². The fourth-order valence-corrected chi connectivity index (χ4v) is 6.46. The number of fused-ring (bicyclic) bond motifs is 15. The van der Waals surface area contributed by atoms with Gasteiger partial charge >= 0.3 is 0 Å². The van der Waals surface area contributed by atoms with Gasteiger partial charge in [-0.1, -0.05) is 36.4 Å². The van der Waals surface area contributed by atoms with Crippen molar-refractivity contribution in [1.29, 1.82) is 0 Å². The third kappa shape index (κ3) is 2.15. The first kappa shape index (κ1) is 17.8. The summed E-state index contributed by atoms with van der Waals surface area (Å²) in [6.45, 7) is 0. The van der Waals surface area contributed by atoms with Crippen LogP contribution in [0.1, 0.15) is 22.3 Å². The first-order valence-corrected chi connectivity index (χ1v) is 12.0. The Bertz CT molecular complexity index is 2070. The van der Waals surface area contributed by atoms with Gasteiger partial charge in [-0.3, -0.25) is 9.38 Å². The highest BCUT2D eigenvalue weighted by Crippen LogP contribution is 2.48. The van der Waals surface area contributed by atoms with E-state index in [4.69, 9.17) is 9.97 Å². The zero-order chi connectivity index (χ0) is 22.7. The number of pyridine rings is 3. The molecule has 35 heavy (non-hydrogen) atoms. The lowest BCUT2D eigenvalue weighted by atomic mass is 9.96. The van der Waals surface area contributed by atoms with Gasteiger partial charge in [-0.15, -0.1) is 0 Å². The van der Waals surface area contributed by atoms with Gasteiger partial charge in [-0.05, 0) is 93.7 Å². The summed E-state index contributed by atoms with van der Waals surface area (Å²) < 4.78 is 2.22. The molecule has 0 fully saturated rings. The van der Waals surface area contributed by atoms with E-state index in [0.717, 1.165) is 51.5 Å². The molecule has 0 radical (unpaired) electrons. The molecule has 4 heteroatoms. The molecule has 0 amide bonds. The predicted octanol–water partition coefficient (Wildman–Crippen LogP) is 6.73. The maximum Gasteiger partial charge on any atom is 0.178 e. The minimum atomic E-state index is 0.768. The minimum absolute atomic E-state index is 0.768. The molecule has 0 unspecified atom stereocenters. The Hall–Kier alpha value is -4.57. The molecule has 0 saturated heterocycles. The minimum Gasteiger partial charge on any atom is -0.288 e. The van der Waals surface area contributed by atoms with Crippen molar-refractivity contribution in [3.8, 4) is 22.3 Å². The van der Waals surface area contributed by atoms with E-state index in [9.17, 15) is 0 Å². The third-order valence-electron chi connectivity index (χ3n) is 7.96. The van der Waals surface area contributed by atoms with Crippen LogP contribution in [0.5, 0.6) is 0 Å². The third-order valence-corrected chi connectivity index (χ3v) is 7.96. The van der Waals surface area contributed by atoms with Crippen LogP contribution < -0.4 is 0 Å². The average molecular weight is 447 g/mol. The van der Waals surface area contributed by atoms with Crippen LogP contribution in [0.4, 0.5) is 0 Å². The molecule has 0 bridgehead atoms. The number of rotatable bonds is 0. The van der Waals surface area contributed by atoms with Gasteiger partial charge in [0.1, 0.15) is 5.65 Å². The van der Waals surface area contributed by atoms with Gasteiger partial charge in [0.05, 0.1) is 16.6 Å². The van der Waals surface area contributed by atoms with Gasteiger partial charge in [0.25, 0.3) is 0 Å². The van der Waals surface area contributed by atoms with E-state index in [-0.39, 0.29) is 0 Å². The molecule has 0 saturated carbocycles. The molecule has 0 N–H and O–H groups in total. The molecule has 0 atom stereocenters. The lowest BCUT2D eigenvalue weighted by molar-refractivity contribution is 1.16. The summed E-state index contributed by atoms with van der Waals surface area (Å²) in [5, 5.41) is 2.29. The molecule has 2 aliphatic rings. The summed E-state index contributed by atoms with van der Waals surface area (Å²) in [6, 6.07) is 26.4. The summed E-state index contributed by atoms with van der Waals surface area (Å²) in [4.78, 5) is 14.4. The van der Waals surface area contributed by atoms with Crippen LogP contribution in [0.15, 0.2) is 85.2 Å². The molecule has 4 nitrogen and oxygen atoms in total. The zero-order valence-electron chi connectivity index (χ0n) is 18.8. The number of benzene rings is 3. The molecule has 3 aromatic carbocycles. The molecule has 7 aromatic rings. The molecule has 0 spiro atoms. The first-order valence-electron chi connectivity index (χ1n) is 12.0. The van der Waals surface area contributed by atoms with Crippen LogP contribution >= 0.6 is 0 Å². The van der Waals surface area contributed by atoms with E-state index < -0.39 is 0 Å². The lowest BCUT2D eigenvalue weighted by Crippen LogP contribution is -1.94. The number of imidazole rings is 1. The second-order valence-corrected chi connectivity index (χ2v) is 9.67. The maximum absolute atomic E-state index is 4.98. The highest BCUT2D eigenvalue weighted by atomic mass is 15.1. The Kier molecular flexibility index (Phi) is 3.11. The Labute approximate surface area is 200 Å². The van der Waals surface area contributed by atoms with E-state index in [1.54, 1.807) is 0 Å². The van der Waals surface area contributed by atoms with Crippen LogP contribution in [0.3, 0.4) is 0 Å². The number of hydrogen-bond acceptors (Lipinski definition) is 3. The van der Waals surface area contributed by atoms with Crippen molar-refractivity contribution in [2.45, 2.75) is 12.8 Å².